The molecule has 0 aliphatic carbocycles. The fourth-order valence-corrected chi connectivity index (χ4v) is 3.43. The maximum Gasteiger partial charge on any atom is 0.301 e. The zero-order valence-corrected chi connectivity index (χ0v) is 11.7. The third-order valence-electron chi connectivity index (χ3n) is 3.23. The van der Waals surface area contributed by atoms with Crippen LogP contribution in [0, 0.1) is 11.6 Å². The smallest absolute Gasteiger partial charge is 0.301 e. The molecule has 1 aromatic carbocycles. The molecule has 1 aliphatic heterocycles. The van der Waals surface area contributed by atoms with Crippen LogP contribution in [0.2, 0.25) is 0 Å². The highest BCUT2D eigenvalue weighted by molar-refractivity contribution is 7.90. The van der Waals surface area contributed by atoms with Gasteiger partial charge in [0, 0.05) is 19.2 Å². The number of anilines is 2. The average Bonchev–Trinajstić information content (AvgIpc) is 2.65. The van der Waals surface area contributed by atoms with Crippen molar-refractivity contribution in [3.63, 3.8) is 0 Å². The molecule has 1 saturated heterocycles. The van der Waals surface area contributed by atoms with Crippen LogP contribution in [0.4, 0.5) is 20.2 Å². The number of nitrogens with two attached hydrogens (primary N) is 1. The van der Waals surface area contributed by atoms with Crippen LogP contribution in [0.15, 0.2) is 12.1 Å². The highest BCUT2D eigenvalue weighted by atomic mass is 32.2. The second-order valence-electron chi connectivity index (χ2n) is 4.77. The molecule has 0 saturated carbocycles. The van der Waals surface area contributed by atoms with Gasteiger partial charge in [0.25, 0.3) is 0 Å². The minimum Gasteiger partial charge on any atom is -0.396 e. The summed E-state index contributed by atoms with van der Waals surface area (Å²) in [5.41, 5.74) is 4.68. The second kappa shape index (κ2) is 5.92. The molecule has 0 radical (unpaired) electrons. The number of hydrogen-bond donors (Lipinski definition) is 2. The molecule has 1 aromatic rings. The van der Waals surface area contributed by atoms with Crippen LogP contribution >= 0.6 is 0 Å². The van der Waals surface area contributed by atoms with Crippen LogP contribution in [0.1, 0.15) is 25.7 Å². The Morgan fingerprint density at radius 1 is 1.05 bits per heavy atom. The highest BCUT2D eigenvalue weighted by Crippen LogP contribution is 2.23. The van der Waals surface area contributed by atoms with E-state index in [4.69, 9.17) is 5.73 Å². The van der Waals surface area contributed by atoms with Gasteiger partial charge in [-0.3, -0.25) is 4.72 Å². The van der Waals surface area contributed by atoms with Crippen LogP contribution in [0.3, 0.4) is 0 Å². The van der Waals surface area contributed by atoms with Crippen LogP contribution in [0.5, 0.6) is 0 Å². The van der Waals surface area contributed by atoms with Gasteiger partial charge in [-0.15, -0.1) is 0 Å². The normalized spacial score (nSPS) is 17.7. The van der Waals surface area contributed by atoms with E-state index in [0.717, 1.165) is 31.7 Å². The van der Waals surface area contributed by atoms with E-state index in [2.05, 4.69) is 4.72 Å². The van der Waals surface area contributed by atoms with Crippen LogP contribution in [-0.4, -0.2) is 25.8 Å². The first-order valence-corrected chi connectivity index (χ1v) is 7.86. The van der Waals surface area contributed by atoms with Gasteiger partial charge in [0.1, 0.15) is 11.6 Å². The van der Waals surface area contributed by atoms with Crippen molar-refractivity contribution in [1.29, 1.82) is 0 Å². The van der Waals surface area contributed by atoms with Gasteiger partial charge < -0.3 is 5.73 Å². The summed E-state index contributed by atoms with van der Waals surface area (Å²) in [5, 5.41) is 0. The first kappa shape index (κ1) is 15.0. The molecule has 0 unspecified atom stereocenters. The fourth-order valence-electron chi connectivity index (χ4n) is 2.13. The van der Waals surface area contributed by atoms with Gasteiger partial charge >= 0.3 is 10.2 Å². The third-order valence-corrected chi connectivity index (χ3v) is 4.75. The van der Waals surface area contributed by atoms with Crippen molar-refractivity contribution in [2.24, 2.45) is 0 Å². The summed E-state index contributed by atoms with van der Waals surface area (Å²) < 4.78 is 54.4. The molecule has 0 amide bonds. The molecule has 1 fully saturated rings. The molecule has 8 heteroatoms. The van der Waals surface area contributed by atoms with Gasteiger partial charge in [0.15, 0.2) is 0 Å². The Morgan fingerprint density at radius 3 is 2.25 bits per heavy atom. The Balaban J connectivity index is 2.21. The van der Waals surface area contributed by atoms with Crippen LogP contribution < -0.4 is 10.5 Å². The molecule has 5 nitrogen and oxygen atoms in total. The van der Waals surface area contributed by atoms with Crippen LogP contribution in [0.25, 0.3) is 0 Å². The molecule has 0 atom stereocenters. The molecule has 0 aromatic heterocycles. The van der Waals surface area contributed by atoms with Crippen molar-refractivity contribution in [2.75, 3.05) is 23.5 Å². The third kappa shape index (κ3) is 3.37. The zero-order valence-electron chi connectivity index (χ0n) is 10.9. The van der Waals surface area contributed by atoms with Gasteiger partial charge in [0.05, 0.1) is 11.4 Å². The van der Waals surface area contributed by atoms with Crippen molar-refractivity contribution >= 4 is 21.6 Å². The maximum absolute atomic E-state index is 13.6. The van der Waals surface area contributed by atoms with Crippen molar-refractivity contribution in [1.82, 2.24) is 4.31 Å². The van der Waals surface area contributed by atoms with E-state index in [0.29, 0.717) is 19.2 Å². The van der Waals surface area contributed by atoms with E-state index < -0.39 is 21.8 Å². The first-order valence-electron chi connectivity index (χ1n) is 6.42. The monoisotopic (exact) mass is 305 g/mol. The number of nitrogens with zero attached hydrogens (tertiary/aromatic N) is 1. The summed E-state index contributed by atoms with van der Waals surface area (Å²) in [6.45, 7) is 0.793. The summed E-state index contributed by atoms with van der Waals surface area (Å²) in [4.78, 5) is 0. The quantitative estimate of drug-likeness (QED) is 0.840. The predicted octanol–water partition coefficient (Wildman–Crippen LogP) is 2.08. The lowest BCUT2D eigenvalue weighted by Crippen LogP contribution is -2.36. The Bertz CT molecular complexity index is 585. The van der Waals surface area contributed by atoms with Gasteiger partial charge in [-0.25, -0.2) is 8.78 Å². The molecule has 3 N–H and O–H groups in total. The molecule has 112 valence electrons. The van der Waals surface area contributed by atoms with E-state index in [-0.39, 0.29) is 11.4 Å². The molecule has 20 heavy (non-hydrogen) atoms. The van der Waals surface area contributed by atoms with Crippen molar-refractivity contribution in [3.05, 3.63) is 23.8 Å². The van der Waals surface area contributed by atoms with E-state index in [1.807, 2.05) is 0 Å². The maximum atomic E-state index is 13.6. The Morgan fingerprint density at radius 2 is 1.65 bits per heavy atom. The summed E-state index contributed by atoms with van der Waals surface area (Å²) >= 11 is 0. The predicted molar refractivity (Wildman–Crippen MR) is 73.4 cm³/mol. The number of rotatable bonds is 3. The largest absolute Gasteiger partial charge is 0.396 e. The average molecular weight is 305 g/mol. The molecular weight excluding hydrogens is 288 g/mol. The van der Waals surface area contributed by atoms with Gasteiger partial charge in [-0.2, -0.15) is 12.7 Å². The molecule has 1 heterocycles. The lowest BCUT2D eigenvalue weighted by Gasteiger charge is -2.21. The van der Waals surface area contributed by atoms with Gasteiger partial charge in [0.2, 0.25) is 0 Å². The molecule has 0 bridgehead atoms. The van der Waals surface area contributed by atoms with Crippen LogP contribution in [-0.2, 0) is 10.2 Å². The van der Waals surface area contributed by atoms with Gasteiger partial charge in [-0.05, 0) is 18.9 Å². The lowest BCUT2D eigenvalue weighted by molar-refractivity contribution is 0.427. The zero-order chi connectivity index (χ0) is 14.8. The topological polar surface area (TPSA) is 75.4 Å². The highest BCUT2D eigenvalue weighted by Gasteiger charge is 2.24. The Kier molecular flexibility index (Phi) is 4.44. The first-order chi connectivity index (χ1) is 9.40. The van der Waals surface area contributed by atoms with Crippen molar-refractivity contribution in [2.45, 2.75) is 25.7 Å². The summed E-state index contributed by atoms with van der Waals surface area (Å²) in [6, 6.07) is 1.51. The SMILES string of the molecule is Nc1cc(NS(=O)(=O)N2CCCCCC2)c(F)cc1F. The Hall–Kier alpha value is -1.41. The number of hydrogen-bond acceptors (Lipinski definition) is 3. The molecule has 2 rings (SSSR count). The van der Waals surface area contributed by atoms with Gasteiger partial charge in [-0.1, -0.05) is 12.8 Å². The lowest BCUT2D eigenvalue weighted by atomic mass is 10.2. The summed E-state index contributed by atoms with van der Waals surface area (Å²) in [6.07, 6.45) is 3.50. The van der Waals surface area contributed by atoms with Crippen molar-refractivity contribution < 1.29 is 17.2 Å². The number of halogens is 2. The number of benzene rings is 1. The van der Waals surface area contributed by atoms with E-state index in [1.54, 1.807) is 0 Å². The molecule has 1 aliphatic rings. The molecular formula is C12H17F2N3O2S. The second-order valence-corrected chi connectivity index (χ2v) is 6.44. The number of nitrogen functional groups attached to an aromatic ring is 1. The summed E-state index contributed by atoms with van der Waals surface area (Å²) in [7, 11) is -3.85. The standard InChI is InChI=1S/C12H17F2N3O2S/c13-9-7-10(14)12(8-11(9)15)16-20(18,19)17-5-3-1-2-4-6-17/h7-8,16H,1-6,15H2. The molecule has 0 spiro atoms. The van der Waals surface area contributed by atoms with E-state index >= 15 is 0 Å². The van der Waals surface area contributed by atoms with E-state index in [9.17, 15) is 17.2 Å². The van der Waals surface area contributed by atoms with Crippen molar-refractivity contribution in [3.8, 4) is 0 Å². The summed E-state index contributed by atoms with van der Waals surface area (Å²) in [5.74, 6) is -1.91. The minimum absolute atomic E-state index is 0.306. The number of nitrogens with one attached hydrogen (secondary N) is 1. The Labute approximate surface area is 116 Å². The fraction of sp³-hybridized carbons (Fsp3) is 0.500. The van der Waals surface area contributed by atoms with E-state index in [1.165, 1.54) is 4.31 Å². The minimum atomic E-state index is -3.85.